The second-order valence-corrected chi connectivity index (χ2v) is 10.1. The Morgan fingerprint density at radius 3 is 2.29 bits per heavy atom. The van der Waals surface area contributed by atoms with Gasteiger partial charge in [0.05, 0.1) is 29.3 Å². The largest absolute Gasteiger partial charge is 0.394 e. The number of aliphatic hydroxyl groups excluding tert-OH is 1. The number of para-hydroxylation sites is 1. The van der Waals surface area contributed by atoms with Crippen LogP contribution in [0.2, 0.25) is 5.02 Å². The number of aryl methyl sites for hydroxylation is 1. The van der Waals surface area contributed by atoms with Crippen LogP contribution in [0.25, 0.3) is 6.08 Å². The van der Waals surface area contributed by atoms with E-state index in [-0.39, 0.29) is 28.6 Å². The van der Waals surface area contributed by atoms with Gasteiger partial charge in [-0.15, -0.1) is 0 Å². The predicted octanol–water partition coefficient (Wildman–Crippen LogP) is 4.62. The Hall–Kier alpha value is -3.13. The third-order valence-corrected chi connectivity index (χ3v) is 7.30. The number of halogens is 1. The SMILES string of the molecule is Cc1ccc(S(=O)(=O)N(CCO)c2ccccc2C(=O)N(C)C/C=C/c2ccc(Cl)cc2)cc1. The number of aliphatic hydroxyl groups is 1. The van der Waals surface area contributed by atoms with Gasteiger partial charge >= 0.3 is 0 Å². The summed E-state index contributed by atoms with van der Waals surface area (Å²) in [5, 5.41) is 10.3. The van der Waals surface area contributed by atoms with E-state index < -0.39 is 16.6 Å². The molecule has 0 saturated heterocycles. The van der Waals surface area contributed by atoms with E-state index in [0.29, 0.717) is 11.6 Å². The van der Waals surface area contributed by atoms with Crippen molar-refractivity contribution in [2.24, 2.45) is 0 Å². The highest BCUT2D eigenvalue weighted by Gasteiger charge is 2.28. The lowest BCUT2D eigenvalue weighted by Crippen LogP contribution is -2.36. The van der Waals surface area contributed by atoms with Gasteiger partial charge in [-0.25, -0.2) is 8.42 Å². The number of hydrogen-bond donors (Lipinski definition) is 1. The van der Waals surface area contributed by atoms with Crippen molar-refractivity contribution < 1.29 is 18.3 Å². The number of anilines is 1. The van der Waals surface area contributed by atoms with E-state index in [4.69, 9.17) is 11.6 Å². The first kappa shape index (κ1) is 25.5. The summed E-state index contributed by atoms with van der Waals surface area (Å²) in [6.07, 6.45) is 3.73. The average Bonchev–Trinajstić information content (AvgIpc) is 2.83. The Morgan fingerprint density at radius 1 is 1.00 bits per heavy atom. The van der Waals surface area contributed by atoms with Crippen LogP contribution in [0.5, 0.6) is 0 Å². The summed E-state index contributed by atoms with van der Waals surface area (Å²) < 4.78 is 27.9. The van der Waals surface area contributed by atoms with Crippen LogP contribution in [0.3, 0.4) is 0 Å². The number of rotatable bonds is 9. The van der Waals surface area contributed by atoms with Crippen LogP contribution in [-0.4, -0.2) is 51.1 Å². The van der Waals surface area contributed by atoms with Gasteiger partial charge in [-0.2, -0.15) is 0 Å². The first-order valence-electron chi connectivity index (χ1n) is 10.7. The van der Waals surface area contributed by atoms with E-state index in [1.54, 1.807) is 55.6 Å². The zero-order valence-electron chi connectivity index (χ0n) is 19.1. The van der Waals surface area contributed by atoms with Gasteiger partial charge in [0.15, 0.2) is 0 Å². The molecule has 0 fully saturated rings. The van der Waals surface area contributed by atoms with Gasteiger partial charge in [-0.1, -0.05) is 65.7 Å². The zero-order chi connectivity index (χ0) is 24.7. The number of carbonyl (C=O) groups is 1. The summed E-state index contributed by atoms with van der Waals surface area (Å²) in [6, 6.07) is 20.3. The van der Waals surface area contributed by atoms with Crippen molar-refractivity contribution in [3.63, 3.8) is 0 Å². The molecule has 0 bridgehead atoms. The normalized spacial score (nSPS) is 11.5. The van der Waals surface area contributed by atoms with Crippen molar-refractivity contribution in [1.82, 2.24) is 4.90 Å². The van der Waals surface area contributed by atoms with Gasteiger partial charge < -0.3 is 10.0 Å². The molecule has 0 unspecified atom stereocenters. The first-order chi connectivity index (χ1) is 16.2. The minimum absolute atomic E-state index is 0.0908. The molecule has 0 saturated carbocycles. The summed E-state index contributed by atoms with van der Waals surface area (Å²) in [7, 11) is -2.34. The van der Waals surface area contributed by atoms with Crippen molar-refractivity contribution in [2.75, 3.05) is 31.0 Å². The Labute approximate surface area is 205 Å². The summed E-state index contributed by atoms with van der Waals surface area (Å²) in [5.41, 5.74) is 2.32. The van der Waals surface area contributed by atoms with Crippen LogP contribution in [0.4, 0.5) is 5.69 Å². The molecular formula is C26H27ClN2O4S. The highest BCUT2D eigenvalue weighted by atomic mass is 35.5. The Morgan fingerprint density at radius 2 is 1.65 bits per heavy atom. The number of benzene rings is 3. The molecule has 1 amide bonds. The highest BCUT2D eigenvalue weighted by molar-refractivity contribution is 7.92. The molecule has 0 aromatic heterocycles. The third-order valence-electron chi connectivity index (χ3n) is 5.22. The van der Waals surface area contributed by atoms with E-state index in [2.05, 4.69) is 0 Å². The zero-order valence-corrected chi connectivity index (χ0v) is 20.6. The number of likely N-dealkylation sites (N-methyl/N-ethyl adjacent to an activating group) is 1. The molecular weight excluding hydrogens is 472 g/mol. The van der Waals surface area contributed by atoms with Crippen molar-refractivity contribution in [3.8, 4) is 0 Å². The molecule has 0 aliphatic heterocycles. The van der Waals surface area contributed by atoms with Crippen molar-refractivity contribution in [2.45, 2.75) is 11.8 Å². The smallest absolute Gasteiger partial charge is 0.264 e. The van der Waals surface area contributed by atoms with E-state index in [9.17, 15) is 18.3 Å². The van der Waals surface area contributed by atoms with Gasteiger partial charge in [-0.05, 0) is 48.9 Å². The second-order valence-electron chi connectivity index (χ2n) is 7.77. The van der Waals surface area contributed by atoms with Crippen molar-refractivity contribution in [1.29, 1.82) is 0 Å². The molecule has 0 heterocycles. The van der Waals surface area contributed by atoms with E-state index in [1.165, 1.54) is 17.0 Å². The lowest BCUT2D eigenvalue weighted by atomic mass is 10.1. The molecule has 3 aromatic carbocycles. The molecule has 3 aromatic rings. The quantitative estimate of drug-likeness (QED) is 0.467. The summed E-state index contributed by atoms with van der Waals surface area (Å²) in [6.45, 7) is 1.61. The van der Waals surface area contributed by atoms with Crippen LogP contribution in [-0.2, 0) is 10.0 Å². The summed E-state index contributed by atoms with van der Waals surface area (Å²) in [5.74, 6) is -0.335. The Balaban J connectivity index is 1.88. The highest BCUT2D eigenvalue weighted by Crippen LogP contribution is 2.28. The van der Waals surface area contributed by atoms with Crippen LogP contribution in [0.1, 0.15) is 21.5 Å². The molecule has 3 rings (SSSR count). The molecule has 0 aliphatic rings. The second kappa shape index (κ2) is 11.3. The maximum absolute atomic E-state index is 13.4. The van der Waals surface area contributed by atoms with Gasteiger partial charge in [-0.3, -0.25) is 9.10 Å². The Kier molecular flexibility index (Phi) is 8.50. The van der Waals surface area contributed by atoms with Gasteiger partial charge in [0.25, 0.3) is 15.9 Å². The fourth-order valence-electron chi connectivity index (χ4n) is 3.38. The third kappa shape index (κ3) is 6.05. The number of carbonyl (C=O) groups excluding carboxylic acids is 1. The average molecular weight is 499 g/mol. The molecule has 0 spiro atoms. The predicted molar refractivity (Wildman–Crippen MR) is 137 cm³/mol. The summed E-state index contributed by atoms with van der Waals surface area (Å²) in [4.78, 5) is 14.9. The van der Waals surface area contributed by atoms with Crippen LogP contribution < -0.4 is 4.31 Å². The lowest BCUT2D eigenvalue weighted by Gasteiger charge is -2.27. The molecule has 178 valence electrons. The summed E-state index contributed by atoms with van der Waals surface area (Å²) >= 11 is 5.91. The number of hydrogen-bond acceptors (Lipinski definition) is 4. The van der Waals surface area contributed by atoms with E-state index in [0.717, 1.165) is 15.4 Å². The molecule has 6 nitrogen and oxygen atoms in total. The molecule has 0 aliphatic carbocycles. The lowest BCUT2D eigenvalue weighted by molar-refractivity contribution is 0.0811. The number of nitrogens with zero attached hydrogens (tertiary/aromatic N) is 2. The van der Waals surface area contributed by atoms with E-state index >= 15 is 0 Å². The number of amides is 1. The van der Waals surface area contributed by atoms with Crippen LogP contribution in [0, 0.1) is 6.92 Å². The van der Waals surface area contributed by atoms with Crippen molar-refractivity contribution >= 4 is 39.3 Å². The maximum Gasteiger partial charge on any atom is 0.264 e. The number of sulfonamides is 1. The molecule has 1 N–H and O–H groups in total. The van der Waals surface area contributed by atoms with Gasteiger partial charge in [0, 0.05) is 18.6 Å². The molecule has 0 atom stereocenters. The topological polar surface area (TPSA) is 77.9 Å². The maximum atomic E-state index is 13.4. The first-order valence-corrected chi connectivity index (χ1v) is 12.5. The fourth-order valence-corrected chi connectivity index (χ4v) is 4.98. The van der Waals surface area contributed by atoms with Crippen LogP contribution >= 0.6 is 11.6 Å². The minimum atomic E-state index is -3.99. The van der Waals surface area contributed by atoms with Gasteiger partial charge in [0.1, 0.15) is 0 Å². The van der Waals surface area contributed by atoms with Crippen LogP contribution in [0.15, 0.2) is 83.8 Å². The Bertz CT molecular complexity index is 1260. The van der Waals surface area contributed by atoms with E-state index in [1.807, 2.05) is 31.2 Å². The van der Waals surface area contributed by atoms with Crippen molar-refractivity contribution in [3.05, 3.63) is 101 Å². The molecule has 34 heavy (non-hydrogen) atoms. The standard InChI is InChI=1S/C26H27ClN2O4S/c1-20-9-15-23(16-10-20)34(32,33)29(18-19-30)25-8-4-3-7-24(25)26(31)28(2)17-5-6-21-11-13-22(27)14-12-21/h3-16,30H,17-19H2,1-2H3/b6-5+. The monoisotopic (exact) mass is 498 g/mol. The van der Waals surface area contributed by atoms with Gasteiger partial charge in [0.2, 0.25) is 0 Å². The fraction of sp³-hybridized carbons (Fsp3) is 0.192. The minimum Gasteiger partial charge on any atom is -0.394 e. The molecule has 8 heteroatoms. The molecule has 0 radical (unpaired) electrons.